The summed E-state index contributed by atoms with van der Waals surface area (Å²) in [7, 11) is 3.77. The van der Waals surface area contributed by atoms with Crippen LogP contribution in [-0.4, -0.2) is 41.1 Å². The van der Waals surface area contributed by atoms with Crippen molar-refractivity contribution in [3.05, 3.63) is 100.0 Å². The number of benzene rings is 3. The molecule has 0 unspecified atom stereocenters. The van der Waals surface area contributed by atoms with E-state index in [9.17, 15) is 9.59 Å². The fraction of sp³-hybridized carbons (Fsp3) is 0.179. The van der Waals surface area contributed by atoms with E-state index in [1.807, 2.05) is 18.2 Å². The number of aliphatic imine (C=N–C) groups is 1. The van der Waals surface area contributed by atoms with Gasteiger partial charge in [0.1, 0.15) is 0 Å². The molecule has 0 atom stereocenters. The van der Waals surface area contributed by atoms with Crippen molar-refractivity contribution in [2.75, 3.05) is 19.0 Å². The molecule has 1 fully saturated rings. The molecule has 1 saturated heterocycles. The SMILES string of the molecule is Cc1ccc(CN(C)c2ccc(/C=C3\S/C(=N/c4ccc(CC(=O)O)cc4)N(C)C3=O)cc2)cc1. The van der Waals surface area contributed by atoms with Gasteiger partial charge in [-0.1, -0.05) is 54.1 Å². The molecule has 1 aliphatic rings. The molecule has 1 amide bonds. The third-order valence-electron chi connectivity index (χ3n) is 5.69. The Morgan fingerprint density at radius 2 is 1.63 bits per heavy atom. The third-order valence-corrected chi connectivity index (χ3v) is 6.75. The monoisotopic (exact) mass is 485 g/mol. The number of hydrogen-bond donors (Lipinski definition) is 1. The van der Waals surface area contributed by atoms with Crippen LogP contribution in [-0.2, 0) is 22.6 Å². The summed E-state index contributed by atoms with van der Waals surface area (Å²) in [5, 5.41) is 9.49. The Kier molecular flexibility index (Phi) is 7.36. The summed E-state index contributed by atoms with van der Waals surface area (Å²) in [5.74, 6) is -0.974. The summed E-state index contributed by atoms with van der Waals surface area (Å²) in [5.41, 5.74) is 5.93. The number of carbonyl (C=O) groups excluding carboxylic acids is 1. The van der Waals surface area contributed by atoms with Crippen LogP contribution in [0, 0.1) is 6.92 Å². The van der Waals surface area contributed by atoms with Gasteiger partial charge in [-0.25, -0.2) is 4.99 Å². The molecule has 35 heavy (non-hydrogen) atoms. The van der Waals surface area contributed by atoms with Gasteiger partial charge >= 0.3 is 5.97 Å². The number of anilines is 1. The summed E-state index contributed by atoms with van der Waals surface area (Å²) in [6.45, 7) is 2.90. The number of likely N-dealkylation sites (N-methyl/N-ethyl adjacent to an activating group) is 1. The predicted molar refractivity (Wildman–Crippen MR) is 143 cm³/mol. The highest BCUT2D eigenvalue weighted by molar-refractivity contribution is 8.18. The summed E-state index contributed by atoms with van der Waals surface area (Å²) < 4.78 is 0. The van der Waals surface area contributed by atoms with E-state index in [0.717, 1.165) is 17.8 Å². The Hall–Kier alpha value is -3.84. The Morgan fingerprint density at radius 3 is 2.26 bits per heavy atom. The van der Waals surface area contributed by atoms with E-state index in [4.69, 9.17) is 5.11 Å². The molecule has 0 aliphatic carbocycles. The van der Waals surface area contributed by atoms with E-state index in [2.05, 4.69) is 60.3 Å². The Morgan fingerprint density at radius 1 is 1.00 bits per heavy atom. The van der Waals surface area contributed by atoms with Gasteiger partial charge in [-0.3, -0.25) is 14.5 Å². The Bertz CT molecular complexity index is 1280. The van der Waals surface area contributed by atoms with Gasteiger partial charge in [0.2, 0.25) is 0 Å². The number of aryl methyl sites for hydroxylation is 1. The van der Waals surface area contributed by atoms with Crippen LogP contribution in [0.2, 0.25) is 0 Å². The van der Waals surface area contributed by atoms with Crippen molar-refractivity contribution in [1.29, 1.82) is 0 Å². The molecule has 3 aromatic carbocycles. The van der Waals surface area contributed by atoms with E-state index in [1.54, 1.807) is 31.3 Å². The molecule has 6 nitrogen and oxygen atoms in total. The van der Waals surface area contributed by atoms with Crippen LogP contribution >= 0.6 is 11.8 Å². The largest absolute Gasteiger partial charge is 0.481 e. The Labute approximate surface area is 209 Å². The zero-order valence-electron chi connectivity index (χ0n) is 19.9. The van der Waals surface area contributed by atoms with Gasteiger partial charge in [0.05, 0.1) is 17.0 Å². The normalized spacial score (nSPS) is 15.7. The number of thioether (sulfide) groups is 1. The first-order valence-corrected chi connectivity index (χ1v) is 12.0. The number of hydrogen-bond acceptors (Lipinski definition) is 5. The average Bonchev–Trinajstić information content (AvgIpc) is 3.09. The zero-order chi connectivity index (χ0) is 24.9. The van der Waals surface area contributed by atoms with Crippen molar-refractivity contribution in [3.8, 4) is 0 Å². The fourth-order valence-electron chi connectivity index (χ4n) is 3.66. The number of carboxylic acids is 1. The smallest absolute Gasteiger partial charge is 0.307 e. The minimum atomic E-state index is -0.874. The molecule has 7 heteroatoms. The van der Waals surface area contributed by atoms with Gasteiger partial charge in [0, 0.05) is 26.3 Å². The first kappa shape index (κ1) is 24.3. The number of nitrogens with zero attached hydrogens (tertiary/aromatic N) is 3. The predicted octanol–water partition coefficient (Wildman–Crippen LogP) is 5.49. The molecule has 178 valence electrons. The standard InChI is InChI=1S/C28H27N3O3S/c1-19-4-6-22(7-5-19)18-30(2)24-14-10-20(11-15-24)16-25-27(34)31(3)28(35-25)29-23-12-8-21(9-13-23)17-26(32)33/h4-16H,17-18H2,1-3H3,(H,32,33)/b25-16-,29-28+. The van der Waals surface area contributed by atoms with Crippen LogP contribution < -0.4 is 4.90 Å². The number of aliphatic carboxylic acids is 1. The van der Waals surface area contributed by atoms with Gasteiger partial charge in [-0.15, -0.1) is 0 Å². The van der Waals surface area contributed by atoms with Crippen molar-refractivity contribution < 1.29 is 14.7 Å². The quantitative estimate of drug-likeness (QED) is 0.448. The van der Waals surface area contributed by atoms with Gasteiger partial charge in [0.15, 0.2) is 5.17 Å². The highest BCUT2D eigenvalue weighted by atomic mass is 32.2. The first-order chi connectivity index (χ1) is 16.8. The lowest BCUT2D eigenvalue weighted by atomic mass is 10.1. The molecule has 0 bridgehead atoms. The maximum absolute atomic E-state index is 12.8. The van der Waals surface area contributed by atoms with Crippen LogP contribution in [0.15, 0.2) is 82.7 Å². The number of carboxylic acid groups (broad SMARTS) is 1. The van der Waals surface area contributed by atoms with E-state index in [-0.39, 0.29) is 12.3 Å². The van der Waals surface area contributed by atoms with E-state index in [0.29, 0.717) is 21.3 Å². The fourth-order valence-corrected chi connectivity index (χ4v) is 4.65. The van der Waals surface area contributed by atoms with Gasteiger partial charge in [0.25, 0.3) is 5.91 Å². The third kappa shape index (κ3) is 6.19. The molecule has 1 N–H and O–H groups in total. The van der Waals surface area contributed by atoms with Crippen LogP contribution in [0.4, 0.5) is 11.4 Å². The summed E-state index contributed by atoms with van der Waals surface area (Å²) in [4.78, 5) is 32.5. The maximum Gasteiger partial charge on any atom is 0.307 e. The van der Waals surface area contributed by atoms with Gasteiger partial charge in [-0.05, 0) is 65.7 Å². The number of amidine groups is 1. The van der Waals surface area contributed by atoms with Crippen LogP contribution in [0.1, 0.15) is 22.3 Å². The molecule has 3 aromatic rings. The minimum Gasteiger partial charge on any atom is -0.481 e. The van der Waals surface area contributed by atoms with Crippen LogP contribution in [0.3, 0.4) is 0 Å². The van der Waals surface area contributed by atoms with Crippen molar-refractivity contribution in [2.45, 2.75) is 19.9 Å². The van der Waals surface area contributed by atoms with Crippen LogP contribution in [0.25, 0.3) is 6.08 Å². The molecule has 0 spiro atoms. The topological polar surface area (TPSA) is 73.2 Å². The second-order valence-electron chi connectivity index (χ2n) is 8.54. The lowest BCUT2D eigenvalue weighted by Gasteiger charge is -2.19. The zero-order valence-corrected chi connectivity index (χ0v) is 20.7. The first-order valence-electron chi connectivity index (χ1n) is 11.2. The molecule has 1 heterocycles. The molecular formula is C28H27N3O3S. The van der Waals surface area contributed by atoms with Crippen LogP contribution in [0.5, 0.6) is 0 Å². The van der Waals surface area contributed by atoms with E-state index in [1.165, 1.54) is 27.8 Å². The van der Waals surface area contributed by atoms with Gasteiger partial charge in [-0.2, -0.15) is 0 Å². The van der Waals surface area contributed by atoms with Crippen molar-refractivity contribution in [2.24, 2.45) is 4.99 Å². The van der Waals surface area contributed by atoms with Crippen molar-refractivity contribution >= 4 is 46.3 Å². The molecule has 1 aliphatic heterocycles. The number of rotatable bonds is 7. The maximum atomic E-state index is 12.8. The number of amides is 1. The highest BCUT2D eigenvalue weighted by Crippen LogP contribution is 2.33. The van der Waals surface area contributed by atoms with E-state index >= 15 is 0 Å². The second-order valence-corrected chi connectivity index (χ2v) is 9.55. The number of carbonyl (C=O) groups is 2. The molecule has 0 radical (unpaired) electrons. The minimum absolute atomic E-state index is 0.0303. The van der Waals surface area contributed by atoms with Crippen molar-refractivity contribution in [1.82, 2.24) is 4.90 Å². The lowest BCUT2D eigenvalue weighted by Crippen LogP contribution is -2.23. The van der Waals surface area contributed by atoms with Crippen molar-refractivity contribution in [3.63, 3.8) is 0 Å². The Balaban J connectivity index is 1.44. The highest BCUT2D eigenvalue weighted by Gasteiger charge is 2.30. The molecule has 0 aromatic heterocycles. The summed E-state index contributed by atoms with van der Waals surface area (Å²) in [6, 6.07) is 23.7. The summed E-state index contributed by atoms with van der Waals surface area (Å²) in [6.07, 6.45) is 1.85. The summed E-state index contributed by atoms with van der Waals surface area (Å²) >= 11 is 1.33. The molecular weight excluding hydrogens is 458 g/mol. The van der Waals surface area contributed by atoms with Gasteiger partial charge < -0.3 is 10.0 Å². The second kappa shape index (κ2) is 10.6. The average molecular weight is 486 g/mol. The molecule has 0 saturated carbocycles. The van der Waals surface area contributed by atoms with E-state index < -0.39 is 5.97 Å². The lowest BCUT2D eigenvalue weighted by molar-refractivity contribution is -0.136. The molecule has 4 rings (SSSR count).